The fourth-order valence-corrected chi connectivity index (χ4v) is 3.62. The molecular weight excluding hydrogens is 483 g/mol. The highest BCUT2D eigenvalue weighted by atomic mass is 35.5. The van der Waals surface area contributed by atoms with Crippen LogP contribution in [-0.4, -0.2) is 20.8 Å². The summed E-state index contributed by atoms with van der Waals surface area (Å²) in [6.45, 7) is 1.12. The predicted octanol–water partition coefficient (Wildman–Crippen LogP) is 6.41. The van der Waals surface area contributed by atoms with Crippen molar-refractivity contribution in [2.75, 3.05) is 5.32 Å². The molecule has 1 amide bonds. The molecule has 0 spiro atoms. The maximum absolute atomic E-state index is 14.7. The van der Waals surface area contributed by atoms with Gasteiger partial charge in [-0.3, -0.25) is 4.79 Å². The number of allylic oxidation sites excluding steroid dienone is 6. The van der Waals surface area contributed by atoms with Gasteiger partial charge in [0, 0.05) is 23.9 Å². The average molecular weight is 497 g/mol. The van der Waals surface area contributed by atoms with Gasteiger partial charge in [-0.15, -0.1) is 0 Å². The largest absolute Gasteiger partial charge is 0.434 e. The Morgan fingerprint density at radius 1 is 1.26 bits per heavy atom. The van der Waals surface area contributed by atoms with Gasteiger partial charge >= 0.3 is 6.18 Å². The first-order chi connectivity index (χ1) is 16.1. The number of nitrogens with one attached hydrogen (secondary N) is 1. The van der Waals surface area contributed by atoms with Crippen LogP contribution >= 0.6 is 11.6 Å². The zero-order chi connectivity index (χ0) is 24.6. The Morgan fingerprint density at radius 2 is 2.03 bits per heavy atom. The molecule has 176 valence electrons. The molecule has 0 saturated carbocycles. The van der Waals surface area contributed by atoms with Crippen LogP contribution in [0.4, 0.5) is 27.6 Å². The third-order valence-corrected chi connectivity index (χ3v) is 5.03. The fraction of sp³-hybridized carbons (Fsp3) is 0.136. The van der Waals surface area contributed by atoms with E-state index in [1.807, 2.05) is 0 Å². The smallest absolute Gasteiger partial charge is 0.353 e. The van der Waals surface area contributed by atoms with Gasteiger partial charge < -0.3 is 9.84 Å². The number of nitrogens with zero attached hydrogens (tertiary/aromatic N) is 3. The quantitative estimate of drug-likeness (QED) is 0.424. The Kier molecular flexibility index (Phi) is 6.13. The van der Waals surface area contributed by atoms with Gasteiger partial charge in [-0.25, -0.2) is 13.5 Å². The second-order valence-corrected chi connectivity index (χ2v) is 7.67. The summed E-state index contributed by atoms with van der Waals surface area (Å²) in [5.74, 6) is -2.69. The van der Waals surface area contributed by atoms with Crippen LogP contribution in [0.3, 0.4) is 0 Å². The minimum Gasteiger partial charge on any atom is -0.353 e. The molecule has 2 aromatic heterocycles. The monoisotopic (exact) mass is 496 g/mol. The molecule has 12 heteroatoms. The summed E-state index contributed by atoms with van der Waals surface area (Å²) in [6, 6.07) is 4.41. The molecule has 4 rings (SSSR count). The number of aromatic nitrogens is 3. The van der Waals surface area contributed by atoms with E-state index in [0.717, 1.165) is 31.3 Å². The number of alkyl halides is 3. The van der Waals surface area contributed by atoms with E-state index in [1.165, 1.54) is 24.3 Å². The second-order valence-electron chi connectivity index (χ2n) is 7.19. The van der Waals surface area contributed by atoms with Crippen molar-refractivity contribution < 1.29 is 31.3 Å². The van der Waals surface area contributed by atoms with E-state index in [2.05, 4.69) is 15.6 Å². The van der Waals surface area contributed by atoms with Crippen LogP contribution in [-0.2, 0) is 11.0 Å². The Labute approximate surface area is 194 Å². The van der Waals surface area contributed by atoms with Crippen molar-refractivity contribution in [2.24, 2.45) is 0 Å². The number of halogens is 6. The lowest BCUT2D eigenvalue weighted by atomic mass is 10.0. The first-order valence-electron chi connectivity index (χ1n) is 9.66. The molecule has 1 aromatic carbocycles. The van der Waals surface area contributed by atoms with E-state index >= 15 is 0 Å². The van der Waals surface area contributed by atoms with Gasteiger partial charge in [-0.2, -0.15) is 18.3 Å². The van der Waals surface area contributed by atoms with Crippen molar-refractivity contribution in [3.8, 4) is 17.0 Å². The average Bonchev–Trinajstić information content (AvgIpc) is 3.31. The summed E-state index contributed by atoms with van der Waals surface area (Å²) in [5, 5.41) is 10.1. The summed E-state index contributed by atoms with van der Waals surface area (Å²) >= 11 is 6.05. The minimum atomic E-state index is -4.97. The van der Waals surface area contributed by atoms with Crippen LogP contribution in [0.1, 0.15) is 24.7 Å². The Bertz CT molecular complexity index is 1370. The summed E-state index contributed by atoms with van der Waals surface area (Å²) < 4.78 is 76.4. The number of benzene rings is 1. The first kappa shape index (κ1) is 23.4. The predicted molar refractivity (Wildman–Crippen MR) is 114 cm³/mol. The van der Waals surface area contributed by atoms with Crippen LogP contribution in [0, 0.1) is 5.82 Å². The molecule has 0 unspecified atom stereocenters. The van der Waals surface area contributed by atoms with Crippen LogP contribution in [0.25, 0.3) is 22.6 Å². The molecule has 1 aliphatic rings. The highest BCUT2D eigenvalue weighted by Crippen LogP contribution is 2.44. The van der Waals surface area contributed by atoms with E-state index in [1.54, 1.807) is 0 Å². The summed E-state index contributed by atoms with van der Waals surface area (Å²) in [6.07, 6.45) is -0.381. The number of amides is 1. The van der Waals surface area contributed by atoms with Gasteiger partial charge in [0.1, 0.15) is 23.0 Å². The molecular formula is C22H14ClF5N4O2. The second kappa shape index (κ2) is 8.90. The molecule has 0 fully saturated rings. The third-order valence-electron chi connectivity index (χ3n) is 4.77. The third kappa shape index (κ3) is 4.51. The topological polar surface area (TPSA) is 73.0 Å². The SMILES string of the molecule is CC(=O)Nc1c(C2=C(F)C=CC=C(Cl)C2)noc1-c1cnn(-c2cccc(F)c2)c1C(F)(F)F. The molecule has 0 saturated heterocycles. The molecule has 0 radical (unpaired) electrons. The van der Waals surface area contributed by atoms with Gasteiger partial charge in [0.2, 0.25) is 5.91 Å². The number of hydrogen-bond acceptors (Lipinski definition) is 4. The van der Waals surface area contributed by atoms with Crippen LogP contribution in [0.15, 0.2) is 64.1 Å². The number of rotatable bonds is 4. The summed E-state index contributed by atoms with van der Waals surface area (Å²) in [4.78, 5) is 11.9. The van der Waals surface area contributed by atoms with E-state index in [0.29, 0.717) is 4.68 Å². The van der Waals surface area contributed by atoms with Crippen molar-refractivity contribution in [1.82, 2.24) is 14.9 Å². The minimum absolute atomic E-state index is 0.0974. The first-order valence-corrected chi connectivity index (χ1v) is 10.0. The standard InChI is InChI=1S/C22H14ClF5N4O2/c1-11(33)30-19-18(15-8-12(23)4-2-7-17(15)25)31-34-20(19)16-10-29-32(21(16)22(26,27)28)14-6-3-5-13(24)9-14/h2-7,9-10H,8H2,1H3,(H,30,33). The lowest BCUT2D eigenvalue weighted by molar-refractivity contribution is -0.142. The van der Waals surface area contributed by atoms with E-state index in [9.17, 15) is 26.7 Å². The number of hydrogen-bond donors (Lipinski definition) is 1. The molecule has 2 heterocycles. The Hall–Kier alpha value is -3.73. The zero-order valence-electron chi connectivity index (χ0n) is 17.3. The highest BCUT2D eigenvalue weighted by Gasteiger charge is 2.41. The van der Waals surface area contributed by atoms with Crippen LogP contribution in [0.2, 0.25) is 0 Å². The zero-order valence-corrected chi connectivity index (χ0v) is 18.0. The van der Waals surface area contributed by atoms with E-state index in [-0.39, 0.29) is 34.1 Å². The highest BCUT2D eigenvalue weighted by molar-refractivity contribution is 6.30. The molecule has 1 N–H and O–H groups in total. The molecule has 6 nitrogen and oxygen atoms in total. The number of carbonyl (C=O) groups is 1. The Morgan fingerprint density at radius 3 is 2.71 bits per heavy atom. The van der Waals surface area contributed by atoms with Crippen molar-refractivity contribution in [3.63, 3.8) is 0 Å². The van der Waals surface area contributed by atoms with Crippen LogP contribution < -0.4 is 5.32 Å². The van der Waals surface area contributed by atoms with Gasteiger partial charge in [0.15, 0.2) is 11.5 Å². The normalized spacial score (nSPS) is 14.3. The molecule has 1 aliphatic carbocycles. The van der Waals surface area contributed by atoms with Crippen molar-refractivity contribution in [2.45, 2.75) is 19.5 Å². The molecule has 34 heavy (non-hydrogen) atoms. The fourth-order valence-electron chi connectivity index (χ4n) is 3.41. The van der Waals surface area contributed by atoms with Crippen LogP contribution in [0.5, 0.6) is 0 Å². The van der Waals surface area contributed by atoms with Gasteiger partial charge in [0.05, 0.1) is 17.4 Å². The Balaban J connectivity index is 1.95. The molecule has 0 bridgehead atoms. The summed E-state index contributed by atoms with van der Waals surface area (Å²) in [7, 11) is 0. The summed E-state index contributed by atoms with van der Waals surface area (Å²) in [5.41, 5.74) is -2.71. The van der Waals surface area contributed by atoms with Crippen molar-refractivity contribution >= 4 is 28.8 Å². The lowest BCUT2D eigenvalue weighted by Gasteiger charge is -2.13. The van der Waals surface area contributed by atoms with E-state index in [4.69, 9.17) is 16.1 Å². The van der Waals surface area contributed by atoms with Gasteiger partial charge in [-0.1, -0.05) is 28.9 Å². The van der Waals surface area contributed by atoms with Gasteiger partial charge in [-0.05, 0) is 30.4 Å². The lowest BCUT2D eigenvalue weighted by Crippen LogP contribution is -2.15. The van der Waals surface area contributed by atoms with E-state index < -0.39 is 40.7 Å². The molecule has 3 aromatic rings. The maximum atomic E-state index is 14.7. The van der Waals surface area contributed by atoms with Gasteiger partial charge in [0.25, 0.3) is 0 Å². The van der Waals surface area contributed by atoms with Crippen molar-refractivity contribution in [1.29, 1.82) is 0 Å². The molecule has 0 aliphatic heterocycles. The number of carbonyl (C=O) groups excluding carboxylic acids is 1. The van der Waals surface area contributed by atoms with Crippen molar-refractivity contribution in [3.05, 3.63) is 76.8 Å². The maximum Gasteiger partial charge on any atom is 0.434 e. The molecule has 0 atom stereocenters. The number of anilines is 1.